The molecule has 2 aromatic carbocycles. The van der Waals surface area contributed by atoms with E-state index in [-0.39, 0.29) is 11.8 Å². The van der Waals surface area contributed by atoms with Gasteiger partial charge in [0.05, 0.1) is 0 Å². The van der Waals surface area contributed by atoms with Gasteiger partial charge in [-0.1, -0.05) is 43.2 Å². The van der Waals surface area contributed by atoms with Crippen molar-refractivity contribution >= 4 is 28.6 Å². The third-order valence-corrected chi connectivity index (χ3v) is 8.64. The molecule has 2 aliphatic carbocycles. The van der Waals surface area contributed by atoms with E-state index < -0.39 is 5.54 Å². The summed E-state index contributed by atoms with van der Waals surface area (Å²) in [5.74, 6) is 1.88. The van der Waals surface area contributed by atoms with Crippen LogP contribution in [0.2, 0.25) is 0 Å². The topological polar surface area (TPSA) is 68.8 Å². The zero-order chi connectivity index (χ0) is 24.3. The fraction of sp³-hybridized carbons (Fsp3) is 0.433. The fourth-order valence-electron chi connectivity index (χ4n) is 6.41. The molecule has 3 aromatic rings. The van der Waals surface area contributed by atoms with Crippen molar-refractivity contribution in [2.24, 2.45) is 16.8 Å². The number of nitrogens with one attached hydrogen (secondary N) is 1. The molecule has 3 heterocycles. The van der Waals surface area contributed by atoms with Crippen LogP contribution in [0.5, 0.6) is 0 Å². The van der Waals surface area contributed by atoms with Gasteiger partial charge in [0.15, 0.2) is 0 Å². The number of carbonyl (C=O) groups is 2. The van der Waals surface area contributed by atoms with E-state index in [1.165, 1.54) is 10.9 Å². The maximum Gasteiger partial charge on any atom is 0.256 e. The van der Waals surface area contributed by atoms with Crippen LogP contribution in [0.25, 0.3) is 22.0 Å². The summed E-state index contributed by atoms with van der Waals surface area (Å²) in [5, 5.41) is 1.20. The minimum Gasteiger partial charge on any atom is -0.361 e. The molecule has 0 radical (unpaired) electrons. The molecule has 0 bridgehead atoms. The SMILES string of the molecule is O=C(C1CC1)N1CC[C@@H](CN2C(=O)C3(CCCC3)N=C2c2ccc(-c3ccc4[nH]ccc4c3)cc2)C1. The first-order valence-corrected chi connectivity index (χ1v) is 13.5. The third kappa shape index (κ3) is 3.66. The van der Waals surface area contributed by atoms with Gasteiger partial charge in [-0.2, -0.15) is 0 Å². The Morgan fingerprint density at radius 3 is 2.50 bits per heavy atom. The van der Waals surface area contributed by atoms with Gasteiger partial charge in [-0.3, -0.25) is 19.5 Å². The minimum absolute atomic E-state index is 0.170. The van der Waals surface area contributed by atoms with E-state index in [0.717, 1.165) is 80.5 Å². The first kappa shape index (κ1) is 21.8. The molecule has 7 rings (SSSR count). The zero-order valence-corrected chi connectivity index (χ0v) is 20.6. The zero-order valence-electron chi connectivity index (χ0n) is 20.6. The summed E-state index contributed by atoms with van der Waals surface area (Å²) < 4.78 is 0. The van der Waals surface area contributed by atoms with Gasteiger partial charge >= 0.3 is 0 Å². The second kappa shape index (κ2) is 8.32. The molecule has 1 aromatic heterocycles. The summed E-state index contributed by atoms with van der Waals surface area (Å²) in [5.41, 5.74) is 3.89. The number of benzene rings is 2. The highest BCUT2D eigenvalue weighted by atomic mass is 16.2. The average Bonchev–Trinajstić information content (AvgIpc) is 3.24. The highest BCUT2D eigenvalue weighted by Gasteiger charge is 2.50. The Kier molecular flexibility index (Phi) is 5.05. The Bertz CT molecular complexity index is 1360. The number of aliphatic imine (C=N–C) groups is 1. The average molecular weight is 481 g/mol. The second-order valence-corrected chi connectivity index (χ2v) is 11.2. The van der Waals surface area contributed by atoms with Crippen LogP contribution in [0, 0.1) is 11.8 Å². The standard InChI is InChI=1S/C30H32N4O2/c35-28(23-7-8-23)33-16-12-20(18-33)19-34-27(32-30(29(34)36)13-1-2-14-30)22-5-3-21(4-6-22)24-9-10-26-25(17-24)11-15-31-26/h3-6,9-11,15,17,20,23,31H,1-2,7-8,12-14,16,18-19H2/t20-/m1/s1. The van der Waals surface area contributed by atoms with E-state index in [1.54, 1.807) is 0 Å². The highest BCUT2D eigenvalue weighted by molar-refractivity contribution is 6.15. The predicted octanol–water partition coefficient (Wildman–Crippen LogP) is 5.00. The van der Waals surface area contributed by atoms with Crippen LogP contribution in [0.1, 0.15) is 50.5 Å². The highest BCUT2D eigenvalue weighted by Crippen LogP contribution is 2.41. The van der Waals surface area contributed by atoms with Crippen molar-refractivity contribution in [3.05, 3.63) is 60.3 Å². The molecule has 36 heavy (non-hydrogen) atoms. The molecule has 2 aliphatic heterocycles. The Morgan fingerprint density at radius 1 is 0.972 bits per heavy atom. The quantitative estimate of drug-likeness (QED) is 0.559. The number of hydrogen-bond donors (Lipinski definition) is 1. The van der Waals surface area contributed by atoms with E-state index in [2.05, 4.69) is 53.5 Å². The van der Waals surface area contributed by atoms with Crippen molar-refractivity contribution in [1.29, 1.82) is 0 Å². The molecule has 4 aliphatic rings. The number of amidine groups is 1. The molecule has 1 spiro atoms. The number of hydrogen-bond acceptors (Lipinski definition) is 3. The number of aromatic amines is 1. The fourth-order valence-corrected chi connectivity index (χ4v) is 6.41. The molecule has 3 fully saturated rings. The molecule has 6 heteroatoms. The summed E-state index contributed by atoms with van der Waals surface area (Å²) in [6.07, 6.45) is 8.82. The summed E-state index contributed by atoms with van der Waals surface area (Å²) in [6, 6.07) is 17.0. The van der Waals surface area contributed by atoms with Gasteiger partial charge in [0.25, 0.3) is 5.91 Å². The number of nitrogens with zero attached hydrogens (tertiary/aromatic N) is 3. The summed E-state index contributed by atoms with van der Waals surface area (Å²) >= 11 is 0. The molecule has 184 valence electrons. The maximum atomic E-state index is 13.7. The normalized spacial score (nSPS) is 23.3. The third-order valence-electron chi connectivity index (χ3n) is 8.64. The Hall–Kier alpha value is -3.41. The molecular formula is C30H32N4O2. The largest absolute Gasteiger partial charge is 0.361 e. The van der Waals surface area contributed by atoms with Gasteiger partial charge in [0.2, 0.25) is 5.91 Å². The van der Waals surface area contributed by atoms with E-state index >= 15 is 0 Å². The van der Waals surface area contributed by atoms with Crippen LogP contribution in [-0.4, -0.2) is 57.6 Å². The monoisotopic (exact) mass is 480 g/mol. The van der Waals surface area contributed by atoms with Crippen molar-refractivity contribution in [2.75, 3.05) is 19.6 Å². The van der Waals surface area contributed by atoms with Crippen LogP contribution >= 0.6 is 0 Å². The lowest BCUT2D eigenvalue weighted by Crippen LogP contribution is -2.44. The molecule has 6 nitrogen and oxygen atoms in total. The molecule has 1 atom stereocenters. The molecular weight excluding hydrogens is 448 g/mol. The van der Waals surface area contributed by atoms with Gasteiger partial charge in [-0.15, -0.1) is 0 Å². The lowest BCUT2D eigenvalue weighted by Gasteiger charge is -2.25. The van der Waals surface area contributed by atoms with Crippen LogP contribution < -0.4 is 0 Å². The summed E-state index contributed by atoms with van der Waals surface area (Å²) in [6.45, 7) is 2.24. The number of carbonyl (C=O) groups excluding carboxylic acids is 2. The van der Waals surface area contributed by atoms with E-state index in [0.29, 0.717) is 18.4 Å². The lowest BCUT2D eigenvalue weighted by atomic mass is 9.97. The maximum absolute atomic E-state index is 13.7. The first-order chi connectivity index (χ1) is 17.6. The number of aromatic nitrogens is 1. The molecule has 1 saturated heterocycles. The summed E-state index contributed by atoms with van der Waals surface area (Å²) in [7, 11) is 0. The number of rotatable bonds is 5. The predicted molar refractivity (Wildman–Crippen MR) is 141 cm³/mol. The van der Waals surface area contributed by atoms with Crippen molar-refractivity contribution < 1.29 is 9.59 Å². The van der Waals surface area contributed by atoms with Crippen LogP contribution in [0.15, 0.2) is 59.7 Å². The van der Waals surface area contributed by atoms with Gasteiger partial charge in [0, 0.05) is 42.8 Å². The van der Waals surface area contributed by atoms with E-state index in [9.17, 15) is 9.59 Å². The number of likely N-dealkylation sites (tertiary alicyclic amines) is 1. The van der Waals surface area contributed by atoms with E-state index in [4.69, 9.17) is 4.99 Å². The molecule has 2 amide bonds. The van der Waals surface area contributed by atoms with Crippen molar-refractivity contribution in [3.63, 3.8) is 0 Å². The van der Waals surface area contributed by atoms with Crippen LogP contribution in [0.4, 0.5) is 0 Å². The van der Waals surface area contributed by atoms with Gasteiger partial charge < -0.3 is 9.88 Å². The lowest BCUT2D eigenvalue weighted by molar-refractivity contribution is -0.131. The number of H-pyrrole nitrogens is 1. The van der Waals surface area contributed by atoms with Crippen molar-refractivity contribution in [1.82, 2.24) is 14.8 Å². The van der Waals surface area contributed by atoms with Gasteiger partial charge in [0.1, 0.15) is 11.4 Å². The van der Waals surface area contributed by atoms with Crippen LogP contribution in [0.3, 0.4) is 0 Å². The van der Waals surface area contributed by atoms with Crippen molar-refractivity contribution in [3.8, 4) is 11.1 Å². The smallest absolute Gasteiger partial charge is 0.256 e. The van der Waals surface area contributed by atoms with Gasteiger partial charge in [-0.05, 0) is 72.7 Å². The Balaban J connectivity index is 1.15. The second-order valence-electron chi connectivity index (χ2n) is 11.2. The summed E-state index contributed by atoms with van der Waals surface area (Å²) in [4.78, 5) is 38.7. The van der Waals surface area contributed by atoms with E-state index in [1.807, 2.05) is 16.0 Å². The molecule has 0 unspecified atom stereocenters. The number of fused-ring (bicyclic) bond motifs is 1. The van der Waals surface area contributed by atoms with Crippen LogP contribution in [-0.2, 0) is 9.59 Å². The Morgan fingerprint density at radius 2 is 1.72 bits per heavy atom. The number of amides is 2. The Labute approximate surface area is 211 Å². The minimum atomic E-state index is -0.574. The molecule has 1 N–H and O–H groups in total. The first-order valence-electron chi connectivity index (χ1n) is 13.5. The van der Waals surface area contributed by atoms with Gasteiger partial charge in [-0.25, -0.2) is 0 Å². The molecule has 2 saturated carbocycles. The van der Waals surface area contributed by atoms with Crippen molar-refractivity contribution in [2.45, 2.75) is 50.5 Å².